The Morgan fingerprint density at radius 1 is 1.04 bits per heavy atom. The van der Waals surface area contributed by atoms with Crippen LogP contribution in [0.5, 0.6) is 0 Å². The molecule has 3 rings (SSSR count). The largest absolute Gasteiger partial charge is 0.324 e. The first-order chi connectivity index (χ1) is 11.3. The number of nitrogens with one attached hydrogen (secondary N) is 1. The molecule has 7 heteroatoms. The van der Waals surface area contributed by atoms with Crippen LogP contribution in [-0.2, 0) is 0 Å². The van der Waals surface area contributed by atoms with Crippen molar-refractivity contribution in [3.8, 4) is 0 Å². The first kappa shape index (κ1) is 17.0. The van der Waals surface area contributed by atoms with E-state index >= 15 is 0 Å². The first-order valence-corrected chi connectivity index (χ1v) is 10.8. The number of thioether (sulfide) groups is 1. The van der Waals surface area contributed by atoms with Crippen LogP contribution in [0.2, 0.25) is 0 Å². The number of anilines is 1. The number of nitrogens with zero attached hydrogens (tertiary/aromatic N) is 3. The third-order valence-electron chi connectivity index (χ3n) is 4.97. The molecule has 2 fully saturated rings. The van der Waals surface area contributed by atoms with Crippen LogP contribution in [0.1, 0.15) is 64.2 Å². The van der Waals surface area contributed by atoms with Gasteiger partial charge in [0, 0.05) is 12.1 Å². The van der Waals surface area contributed by atoms with E-state index < -0.39 is 0 Å². The van der Waals surface area contributed by atoms with Gasteiger partial charge >= 0.3 is 6.03 Å². The van der Waals surface area contributed by atoms with Gasteiger partial charge in [-0.05, 0) is 31.9 Å². The molecule has 0 atom stereocenters. The Morgan fingerprint density at radius 2 is 1.61 bits per heavy atom. The molecule has 0 bridgehead atoms. The van der Waals surface area contributed by atoms with Gasteiger partial charge in [0.1, 0.15) is 0 Å². The van der Waals surface area contributed by atoms with Gasteiger partial charge in [0.25, 0.3) is 0 Å². The van der Waals surface area contributed by atoms with Crippen LogP contribution in [0.3, 0.4) is 0 Å². The van der Waals surface area contributed by atoms with Crippen molar-refractivity contribution in [2.24, 2.45) is 0 Å². The highest BCUT2D eigenvalue weighted by Gasteiger charge is 2.32. The molecule has 2 aliphatic carbocycles. The number of hydrogen-bond donors (Lipinski definition) is 1. The van der Waals surface area contributed by atoms with Crippen LogP contribution < -0.4 is 5.32 Å². The Bertz CT molecular complexity index is 492. The van der Waals surface area contributed by atoms with E-state index in [1.165, 1.54) is 49.9 Å². The molecule has 0 saturated heterocycles. The normalized spacial score (nSPS) is 20.4. The molecule has 23 heavy (non-hydrogen) atoms. The third-order valence-corrected chi connectivity index (χ3v) is 6.78. The summed E-state index contributed by atoms with van der Waals surface area (Å²) < 4.78 is 0.891. The molecule has 2 amide bonds. The number of aromatic nitrogens is 2. The highest BCUT2D eigenvalue weighted by Crippen LogP contribution is 2.31. The predicted molar refractivity (Wildman–Crippen MR) is 96.3 cm³/mol. The fourth-order valence-electron chi connectivity index (χ4n) is 3.85. The monoisotopic (exact) mass is 354 g/mol. The van der Waals surface area contributed by atoms with Crippen molar-refractivity contribution >= 4 is 34.3 Å². The summed E-state index contributed by atoms with van der Waals surface area (Å²) in [6.07, 6.45) is 14.2. The number of amides is 2. The van der Waals surface area contributed by atoms with Crippen molar-refractivity contribution in [2.45, 2.75) is 80.6 Å². The zero-order valence-corrected chi connectivity index (χ0v) is 15.4. The van der Waals surface area contributed by atoms with Crippen LogP contribution in [0.25, 0.3) is 0 Å². The van der Waals surface area contributed by atoms with Crippen LogP contribution in [0.15, 0.2) is 4.34 Å². The molecule has 5 nitrogen and oxygen atoms in total. The van der Waals surface area contributed by atoms with Crippen molar-refractivity contribution in [1.82, 2.24) is 15.1 Å². The van der Waals surface area contributed by atoms with Gasteiger partial charge in [-0.2, -0.15) is 0 Å². The maximum atomic E-state index is 13.0. The lowest BCUT2D eigenvalue weighted by atomic mass is 9.89. The smallest absolute Gasteiger partial charge is 0.319 e. The van der Waals surface area contributed by atoms with Gasteiger partial charge in [0.05, 0.1) is 0 Å². The fourth-order valence-corrected chi connectivity index (χ4v) is 5.01. The van der Waals surface area contributed by atoms with Crippen molar-refractivity contribution < 1.29 is 4.79 Å². The van der Waals surface area contributed by atoms with Gasteiger partial charge in [0.2, 0.25) is 5.13 Å². The highest BCUT2D eigenvalue weighted by molar-refractivity contribution is 8.00. The SMILES string of the molecule is CSc1nnc(NC(=O)N(C2CCCCC2)C2CCCCC2)s1. The van der Waals surface area contributed by atoms with E-state index in [2.05, 4.69) is 20.4 Å². The maximum absolute atomic E-state index is 13.0. The van der Waals surface area contributed by atoms with Crippen LogP contribution >= 0.6 is 23.1 Å². The lowest BCUT2D eigenvalue weighted by molar-refractivity contribution is 0.114. The molecular weight excluding hydrogens is 328 g/mol. The van der Waals surface area contributed by atoms with Crippen molar-refractivity contribution in [2.75, 3.05) is 11.6 Å². The second-order valence-corrected chi connectivity index (χ2v) is 8.53. The van der Waals surface area contributed by atoms with Crippen LogP contribution in [0.4, 0.5) is 9.93 Å². The zero-order valence-electron chi connectivity index (χ0n) is 13.8. The number of rotatable bonds is 4. The molecule has 2 aliphatic rings. The molecule has 0 unspecified atom stereocenters. The molecule has 1 heterocycles. The Balaban J connectivity index is 1.71. The van der Waals surface area contributed by atoms with Gasteiger partial charge in [-0.25, -0.2) is 4.79 Å². The lowest BCUT2D eigenvalue weighted by Crippen LogP contribution is -2.50. The Labute approximate surface area is 146 Å². The average Bonchev–Trinajstić information content (AvgIpc) is 3.04. The van der Waals surface area contributed by atoms with Gasteiger partial charge < -0.3 is 4.90 Å². The molecule has 0 aliphatic heterocycles. The van der Waals surface area contributed by atoms with E-state index in [4.69, 9.17) is 0 Å². The molecule has 0 aromatic carbocycles. The zero-order chi connectivity index (χ0) is 16.1. The molecule has 0 spiro atoms. The van der Waals surface area contributed by atoms with E-state index in [0.29, 0.717) is 17.2 Å². The summed E-state index contributed by atoms with van der Waals surface area (Å²) in [6, 6.07) is 0.840. The van der Waals surface area contributed by atoms with Crippen molar-refractivity contribution in [3.63, 3.8) is 0 Å². The number of urea groups is 1. The molecule has 1 aromatic heterocycles. The van der Waals surface area contributed by atoms with Crippen LogP contribution in [0, 0.1) is 0 Å². The van der Waals surface area contributed by atoms with E-state index in [-0.39, 0.29) is 6.03 Å². The van der Waals surface area contributed by atoms with E-state index in [1.54, 1.807) is 11.8 Å². The fraction of sp³-hybridized carbons (Fsp3) is 0.812. The van der Waals surface area contributed by atoms with E-state index in [1.807, 2.05) is 6.26 Å². The standard InChI is InChI=1S/C16H26N4OS2/c1-22-16-19-18-14(23-16)17-15(21)20(12-8-4-2-5-9-12)13-10-6-3-7-11-13/h12-13H,2-11H2,1H3,(H,17,18,21). The summed E-state index contributed by atoms with van der Waals surface area (Å²) >= 11 is 3.02. The summed E-state index contributed by atoms with van der Waals surface area (Å²) in [5, 5.41) is 11.8. The topological polar surface area (TPSA) is 58.1 Å². The van der Waals surface area contributed by atoms with Crippen LogP contribution in [-0.4, -0.2) is 39.5 Å². The number of hydrogen-bond acceptors (Lipinski definition) is 5. The first-order valence-electron chi connectivity index (χ1n) is 8.74. The van der Waals surface area contributed by atoms with E-state index in [9.17, 15) is 4.79 Å². The minimum Gasteiger partial charge on any atom is -0.319 e. The second kappa shape index (κ2) is 8.33. The maximum Gasteiger partial charge on any atom is 0.324 e. The van der Waals surface area contributed by atoms with E-state index in [0.717, 1.165) is 30.0 Å². The summed E-state index contributed by atoms with van der Waals surface area (Å²) in [7, 11) is 0. The number of carbonyl (C=O) groups excluding carboxylic acids is 1. The summed E-state index contributed by atoms with van der Waals surface area (Å²) in [6.45, 7) is 0. The molecule has 128 valence electrons. The number of carbonyl (C=O) groups is 1. The Morgan fingerprint density at radius 3 is 2.09 bits per heavy atom. The second-order valence-electron chi connectivity index (χ2n) is 6.50. The predicted octanol–water partition coefficient (Wildman–Crippen LogP) is 4.76. The Hall–Kier alpha value is -0.820. The summed E-state index contributed by atoms with van der Waals surface area (Å²) in [5.41, 5.74) is 0. The van der Waals surface area contributed by atoms with Gasteiger partial charge in [-0.15, -0.1) is 10.2 Å². The Kier molecular flexibility index (Phi) is 6.16. The summed E-state index contributed by atoms with van der Waals surface area (Å²) in [5.74, 6) is 0. The van der Waals surface area contributed by atoms with Gasteiger partial charge in [-0.3, -0.25) is 5.32 Å². The molecule has 1 N–H and O–H groups in total. The van der Waals surface area contributed by atoms with Gasteiger partial charge in [0.15, 0.2) is 4.34 Å². The quantitative estimate of drug-likeness (QED) is 0.625. The molecular formula is C16H26N4OS2. The highest BCUT2D eigenvalue weighted by atomic mass is 32.2. The lowest BCUT2D eigenvalue weighted by Gasteiger charge is -2.41. The van der Waals surface area contributed by atoms with Crippen molar-refractivity contribution in [1.29, 1.82) is 0 Å². The summed E-state index contributed by atoms with van der Waals surface area (Å²) in [4.78, 5) is 15.1. The van der Waals surface area contributed by atoms with Gasteiger partial charge in [-0.1, -0.05) is 61.6 Å². The third kappa shape index (κ3) is 4.38. The average molecular weight is 355 g/mol. The van der Waals surface area contributed by atoms with Crippen molar-refractivity contribution in [3.05, 3.63) is 0 Å². The minimum atomic E-state index is 0.0348. The molecule has 1 aromatic rings. The minimum absolute atomic E-state index is 0.0348. The molecule has 2 saturated carbocycles. The molecule has 0 radical (unpaired) electrons.